The molecule has 0 aromatic carbocycles. The summed E-state index contributed by atoms with van der Waals surface area (Å²) >= 11 is 0. The van der Waals surface area contributed by atoms with E-state index in [-0.39, 0.29) is 18.2 Å². The zero-order valence-electron chi connectivity index (χ0n) is 6.54. The quantitative estimate of drug-likeness (QED) is 0.411. The topological polar surface area (TPSA) is 35.9 Å². The number of carbonyl (C=O) groups is 1. The van der Waals surface area contributed by atoms with Crippen molar-refractivity contribution in [3.63, 3.8) is 0 Å². The number of Topliss-reactive ketones (excluding diaryl/α,β-unsaturated/α-hetero) is 1. The number of ketones is 1. The van der Waals surface area contributed by atoms with Gasteiger partial charge in [0.2, 0.25) is 0 Å². The molecule has 0 N–H and O–H groups in total. The van der Waals surface area contributed by atoms with Gasteiger partial charge in [0.05, 0.1) is 0 Å². The van der Waals surface area contributed by atoms with Crippen molar-refractivity contribution in [2.24, 2.45) is 5.10 Å². The van der Waals surface area contributed by atoms with Crippen LogP contribution >= 0.6 is 0 Å². The summed E-state index contributed by atoms with van der Waals surface area (Å²) in [6.07, 6.45) is 2.70. The van der Waals surface area contributed by atoms with Crippen molar-refractivity contribution in [2.75, 3.05) is 20.3 Å². The molecule has 0 fully saturated rings. The van der Waals surface area contributed by atoms with E-state index in [0.29, 0.717) is 13.2 Å². The Labute approximate surface area is 72.3 Å². The Bertz CT molecular complexity index is 171. The lowest BCUT2D eigenvalue weighted by atomic mass is 10.4. The minimum atomic E-state index is 0. The summed E-state index contributed by atoms with van der Waals surface area (Å²) in [5.74, 6) is 0.137. The standard InChI is InChI=1S/C6H10N3O.ClH/c1-6(10)3-9-4-7-8(2)5-9;/h3,5H2,1-2H3;1H/q+1;/p-1. The van der Waals surface area contributed by atoms with Gasteiger partial charge in [0.15, 0.2) is 12.5 Å². The van der Waals surface area contributed by atoms with Crippen molar-refractivity contribution in [1.82, 2.24) is 9.91 Å². The molecule has 0 saturated heterocycles. The second-order valence-corrected chi connectivity index (χ2v) is 2.40. The number of hydrazone groups is 1. The highest BCUT2D eigenvalue weighted by atomic mass is 35.5. The average Bonchev–Trinajstić information content (AvgIpc) is 2.13. The molecule has 11 heavy (non-hydrogen) atoms. The molecule has 0 spiro atoms. The maximum atomic E-state index is 10.6. The second kappa shape index (κ2) is 4.11. The lowest BCUT2D eigenvalue weighted by molar-refractivity contribution is -0.117. The number of nitrogens with zero attached hydrogens (tertiary/aromatic N) is 3. The van der Waals surface area contributed by atoms with Crippen LogP contribution < -0.4 is 12.4 Å². The molecule has 0 aliphatic carbocycles. The van der Waals surface area contributed by atoms with Gasteiger partial charge in [0.1, 0.15) is 11.6 Å². The second-order valence-electron chi connectivity index (χ2n) is 2.40. The Hall–Kier alpha value is -0.860. The van der Waals surface area contributed by atoms with E-state index < -0.39 is 0 Å². The predicted molar refractivity (Wildman–Crippen MR) is 37.5 cm³/mol. The van der Waals surface area contributed by atoms with Crippen LogP contribution in [0.1, 0.15) is 6.92 Å². The van der Waals surface area contributed by atoms with Crippen LogP contribution in [0.5, 0.6) is 0 Å². The maximum Gasteiger partial charge on any atom is 0.544 e. The molecule has 0 aromatic heterocycles. The van der Waals surface area contributed by atoms with E-state index in [9.17, 15) is 4.79 Å². The summed E-state index contributed by atoms with van der Waals surface area (Å²) < 4.78 is 0. The van der Waals surface area contributed by atoms with Crippen LogP contribution in [0, 0.1) is 0 Å². The zero-order valence-corrected chi connectivity index (χ0v) is 7.30. The van der Waals surface area contributed by atoms with Gasteiger partial charge >= 0.3 is 6.34 Å². The highest BCUT2D eigenvalue weighted by Crippen LogP contribution is 1.96. The molecule has 0 unspecified atom stereocenters. The van der Waals surface area contributed by atoms with E-state index >= 15 is 0 Å². The molecule has 0 bridgehead atoms. The molecule has 4 nitrogen and oxygen atoms in total. The van der Waals surface area contributed by atoms with Gasteiger partial charge in [-0.15, -0.1) is 4.90 Å². The molecule has 5 heteroatoms. The van der Waals surface area contributed by atoms with Gasteiger partial charge in [0, 0.05) is 7.05 Å². The van der Waals surface area contributed by atoms with Gasteiger partial charge in [-0.3, -0.25) is 4.79 Å². The van der Waals surface area contributed by atoms with Gasteiger partial charge in [-0.25, -0.2) is 5.01 Å². The first-order valence-electron chi connectivity index (χ1n) is 3.10. The maximum absolute atomic E-state index is 10.6. The molecule has 1 aliphatic heterocycles. The van der Waals surface area contributed by atoms with E-state index in [1.165, 1.54) is 0 Å². The number of carbonyl (C=O) groups excluding carboxylic acids is 1. The summed E-state index contributed by atoms with van der Waals surface area (Å²) in [6, 6.07) is 0. The first-order chi connectivity index (χ1) is 4.68. The van der Waals surface area contributed by atoms with Crippen LogP contribution in [0.2, 0.25) is 0 Å². The van der Waals surface area contributed by atoms with Gasteiger partial charge in [-0.05, 0) is 6.92 Å². The Morgan fingerprint density at radius 3 is 2.73 bits per heavy atom. The van der Waals surface area contributed by atoms with Gasteiger partial charge in [-0.2, -0.15) is 0 Å². The first-order valence-corrected chi connectivity index (χ1v) is 3.10. The van der Waals surface area contributed by atoms with Crippen molar-refractivity contribution in [2.45, 2.75) is 6.92 Å². The number of halogens is 1. The van der Waals surface area contributed by atoms with E-state index in [1.807, 2.05) is 7.05 Å². The number of hydrogen-bond acceptors (Lipinski definition) is 4. The van der Waals surface area contributed by atoms with Crippen LogP contribution in [-0.2, 0) is 4.79 Å². The van der Waals surface area contributed by atoms with Crippen LogP contribution in [0.25, 0.3) is 0 Å². The molecular weight excluding hydrogens is 166 g/mol. The lowest BCUT2D eigenvalue weighted by Gasteiger charge is -2.02. The van der Waals surface area contributed by atoms with Crippen LogP contribution in [0.4, 0.5) is 0 Å². The minimum Gasteiger partial charge on any atom is -1.00 e. The van der Waals surface area contributed by atoms with Crippen LogP contribution in [0.15, 0.2) is 5.10 Å². The van der Waals surface area contributed by atoms with E-state index in [0.717, 1.165) is 0 Å². The summed E-state index contributed by atoms with van der Waals surface area (Å²) in [7, 11) is 1.84. The summed E-state index contributed by atoms with van der Waals surface area (Å²) in [4.78, 5) is 12.3. The first kappa shape index (κ1) is 10.1. The largest absolute Gasteiger partial charge is 1.00 e. The zero-order chi connectivity index (χ0) is 7.56. The monoisotopic (exact) mass is 175 g/mol. The molecule has 1 aliphatic rings. The third-order valence-electron chi connectivity index (χ3n) is 1.15. The van der Waals surface area contributed by atoms with Crippen molar-refractivity contribution in [3.8, 4) is 0 Å². The highest BCUT2D eigenvalue weighted by molar-refractivity contribution is 5.80. The van der Waals surface area contributed by atoms with Crippen LogP contribution in [0.3, 0.4) is 0 Å². The van der Waals surface area contributed by atoms with Crippen molar-refractivity contribution >= 4 is 12.1 Å². The molecule has 0 atom stereocenters. The van der Waals surface area contributed by atoms with Crippen molar-refractivity contribution in [3.05, 3.63) is 0 Å². The molecule has 1 rings (SSSR count). The fourth-order valence-corrected chi connectivity index (χ4v) is 0.804. The third kappa shape index (κ3) is 3.16. The normalized spacial score (nSPS) is 14.4. The smallest absolute Gasteiger partial charge is 0.544 e. The van der Waals surface area contributed by atoms with Gasteiger partial charge in [0.25, 0.3) is 0 Å². The molecule has 62 valence electrons. The summed E-state index contributed by atoms with van der Waals surface area (Å²) in [5.41, 5.74) is 0. The molecule has 0 radical (unpaired) electrons. The van der Waals surface area contributed by atoms with E-state index in [4.69, 9.17) is 0 Å². The summed E-state index contributed by atoms with van der Waals surface area (Å²) in [6.45, 7) is 2.63. The van der Waals surface area contributed by atoms with Crippen LogP contribution in [-0.4, -0.2) is 42.3 Å². The SMILES string of the molecule is CC(=O)CN1[C+]=NN(C)C1.[Cl-]. The number of hydrogen-bond donors (Lipinski definition) is 0. The lowest BCUT2D eigenvalue weighted by Crippen LogP contribution is -3.00. The van der Waals surface area contributed by atoms with Crippen molar-refractivity contribution in [1.29, 1.82) is 0 Å². The fourth-order valence-electron chi connectivity index (χ4n) is 0.804. The highest BCUT2D eigenvalue weighted by Gasteiger charge is 2.25. The number of rotatable bonds is 2. The Morgan fingerprint density at radius 2 is 2.36 bits per heavy atom. The Morgan fingerprint density at radius 1 is 1.73 bits per heavy atom. The molecule has 0 aromatic rings. The van der Waals surface area contributed by atoms with E-state index in [1.54, 1.807) is 16.8 Å². The molecular formula is C6H10ClN3O. The van der Waals surface area contributed by atoms with Gasteiger partial charge < -0.3 is 12.4 Å². The van der Waals surface area contributed by atoms with Gasteiger partial charge in [-0.1, -0.05) is 0 Å². The summed E-state index contributed by atoms with van der Waals surface area (Å²) in [5, 5.41) is 5.55. The Balaban J connectivity index is 0.000001000. The minimum absolute atomic E-state index is 0. The Kier molecular flexibility index (Phi) is 3.79. The molecule has 0 amide bonds. The average molecular weight is 176 g/mol. The predicted octanol–water partition coefficient (Wildman–Crippen LogP) is -3.40. The third-order valence-corrected chi connectivity index (χ3v) is 1.15. The van der Waals surface area contributed by atoms with Crippen molar-refractivity contribution < 1.29 is 17.2 Å². The fraction of sp³-hybridized carbons (Fsp3) is 0.667. The molecule has 1 heterocycles. The van der Waals surface area contributed by atoms with E-state index in [2.05, 4.69) is 11.4 Å². The molecule has 0 saturated carbocycles.